The minimum absolute atomic E-state index is 0.0368. The Morgan fingerprint density at radius 3 is 3.23 bits per heavy atom. The van der Waals surface area contributed by atoms with E-state index in [1.807, 2.05) is 0 Å². The van der Waals surface area contributed by atoms with E-state index in [1.54, 1.807) is 16.8 Å². The normalized spacial score (nSPS) is 10.8. The van der Waals surface area contributed by atoms with E-state index in [4.69, 9.17) is 15.7 Å². The first-order valence-electron chi connectivity index (χ1n) is 3.87. The van der Waals surface area contributed by atoms with Gasteiger partial charge in [0.15, 0.2) is 12.0 Å². The number of hydrogen-bond donors (Lipinski definition) is 2. The number of hydrogen-bond acceptors (Lipinski definition) is 4. The summed E-state index contributed by atoms with van der Waals surface area (Å²) in [6, 6.07) is 1.74. The van der Waals surface area contributed by atoms with Crippen LogP contribution >= 0.6 is 0 Å². The molecule has 0 saturated carbocycles. The zero-order valence-electron chi connectivity index (χ0n) is 6.92. The minimum Gasteiger partial charge on any atom is -0.408 e. The minimum atomic E-state index is -0.0368. The fourth-order valence-corrected chi connectivity index (χ4v) is 1.14. The van der Waals surface area contributed by atoms with Crippen molar-refractivity contribution in [1.82, 2.24) is 14.3 Å². The molecule has 0 saturated heterocycles. The van der Waals surface area contributed by atoms with Gasteiger partial charge in [-0.2, -0.15) is 9.83 Å². The van der Waals surface area contributed by atoms with E-state index in [0.29, 0.717) is 11.3 Å². The number of fused-ring (bicyclic) bond motifs is 1. The lowest BCUT2D eigenvalue weighted by atomic mass is 10.5. The molecule has 0 radical (unpaired) electrons. The van der Waals surface area contributed by atoms with Crippen molar-refractivity contribution in [2.24, 2.45) is 0 Å². The number of nitrogens with two attached hydrogens (primary N) is 1. The highest BCUT2D eigenvalue weighted by molar-refractivity contribution is 5.65. The second kappa shape index (κ2) is 2.98. The maximum atomic E-state index is 8.56. The third-order valence-corrected chi connectivity index (χ3v) is 1.68. The van der Waals surface area contributed by atoms with Gasteiger partial charge in [-0.3, -0.25) is 0 Å². The van der Waals surface area contributed by atoms with Gasteiger partial charge in [-0.1, -0.05) is 0 Å². The molecule has 2 heterocycles. The lowest BCUT2D eigenvalue weighted by Gasteiger charge is -2.03. The number of aromatic nitrogens is 3. The lowest BCUT2D eigenvalue weighted by Crippen LogP contribution is -2.14. The largest absolute Gasteiger partial charge is 0.408 e. The van der Waals surface area contributed by atoms with Gasteiger partial charge in [-0.15, -0.1) is 0 Å². The molecule has 0 atom stereocenters. The molecule has 2 aromatic rings. The second-order valence-electron chi connectivity index (χ2n) is 2.55. The van der Waals surface area contributed by atoms with Gasteiger partial charge in [-0.25, -0.2) is 4.52 Å². The first-order chi connectivity index (χ1) is 6.33. The molecule has 0 aromatic carbocycles. The van der Waals surface area contributed by atoms with Crippen molar-refractivity contribution in [3.63, 3.8) is 0 Å². The topological polar surface area (TPSA) is 77.7 Å². The predicted molar refractivity (Wildman–Crippen MR) is 46.1 cm³/mol. The highest BCUT2D eigenvalue weighted by Crippen LogP contribution is 2.12. The fraction of sp³-hybridized carbons (Fsp3) is 0.286. The molecular weight excluding hydrogens is 172 g/mol. The van der Waals surface area contributed by atoms with E-state index in [2.05, 4.69) is 5.10 Å². The van der Waals surface area contributed by atoms with Gasteiger partial charge >= 0.3 is 0 Å². The summed E-state index contributed by atoms with van der Waals surface area (Å²) in [4.78, 5) is 5.15. The molecule has 70 valence electrons. The molecule has 0 bridgehead atoms. The Balaban J connectivity index is 2.38. The Labute approximate surface area is 74.1 Å². The van der Waals surface area contributed by atoms with Gasteiger partial charge in [0.25, 0.3) is 0 Å². The van der Waals surface area contributed by atoms with Crippen molar-refractivity contribution in [1.29, 1.82) is 0 Å². The fourth-order valence-electron chi connectivity index (χ4n) is 1.14. The molecule has 6 nitrogen and oxygen atoms in total. The third kappa shape index (κ3) is 1.20. The average molecular weight is 182 g/mol. The summed E-state index contributed by atoms with van der Waals surface area (Å²) >= 11 is 0. The van der Waals surface area contributed by atoms with E-state index in [1.165, 1.54) is 11.1 Å². The number of nitrogen functional groups attached to an aromatic ring is 1. The summed E-state index contributed by atoms with van der Waals surface area (Å²) in [5, 5.41) is 12.5. The molecule has 2 rings (SSSR count). The van der Waals surface area contributed by atoms with E-state index in [9.17, 15) is 0 Å². The summed E-state index contributed by atoms with van der Waals surface area (Å²) < 4.78 is 3.04. The van der Waals surface area contributed by atoms with Gasteiger partial charge < -0.3 is 15.7 Å². The number of aliphatic hydroxyl groups excluding tert-OH is 1. The Hall–Kier alpha value is -1.69. The molecular formula is C7H10N4O2. The number of anilines is 1. The standard InChI is InChI=1S/C7H10N4O2/c8-6-1-2-10-7(6)11(5-9-10)13-4-3-12/h1-2,5,12H,3-4,8H2. The van der Waals surface area contributed by atoms with Gasteiger partial charge in [0, 0.05) is 6.20 Å². The molecule has 3 N–H and O–H groups in total. The van der Waals surface area contributed by atoms with Crippen LogP contribution in [0.25, 0.3) is 5.65 Å². The summed E-state index contributed by atoms with van der Waals surface area (Å²) in [5.74, 6) is 0. The Morgan fingerprint density at radius 2 is 2.46 bits per heavy atom. The molecule has 0 aliphatic heterocycles. The predicted octanol–water partition coefficient (Wildman–Crippen LogP) is -0.861. The van der Waals surface area contributed by atoms with Crippen LogP contribution in [-0.2, 0) is 0 Å². The van der Waals surface area contributed by atoms with E-state index in [0.717, 1.165) is 0 Å². The quantitative estimate of drug-likeness (QED) is 0.647. The van der Waals surface area contributed by atoms with Crippen LogP contribution < -0.4 is 10.6 Å². The monoisotopic (exact) mass is 182 g/mol. The average Bonchev–Trinajstić information content (AvgIpc) is 2.67. The number of aliphatic hydroxyl groups is 1. The van der Waals surface area contributed by atoms with Crippen molar-refractivity contribution >= 4 is 11.3 Å². The van der Waals surface area contributed by atoms with Crippen molar-refractivity contribution in [3.05, 3.63) is 18.6 Å². The molecule has 0 fully saturated rings. The van der Waals surface area contributed by atoms with Gasteiger partial charge in [-0.05, 0) is 6.07 Å². The Kier molecular flexibility index (Phi) is 1.82. The molecule has 0 amide bonds. The number of rotatable bonds is 3. The zero-order chi connectivity index (χ0) is 9.26. The van der Waals surface area contributed by atoms with E-state index in [-0.39, 0.29) is 13.2 Å². The van der Waals surface area contributed by atoms with E-state index < -0.39 is 0 Å². The molecule has 0 unspecified atom stereocenters. The van der Waals surface area contributed by atoms with Crippen LogP contribution in [0.15, 0.2) is 18.6 Å². The summed E-state index contributed by atoms with van der Waals surface area (Å²) in [6.07, 6.45) is 3.24. The van der Waals surface area contributed by atoms with Gasteiger partial charge in [0.05, 0.1) is 12.3 Å². The molecule has 0 aliphatic rings. The maximum absolute atomic E-state index is 8.56. The van der Waals surface area contributed by atoms with Crippen LogP contribution in [0.2, 0.25) is 0 Å². The van der Waals surface area contributed by atoms with E-state index >= 15 is 0 Å². The molecule has 0 spiro atoms. The SMILES string of the molecule is Nc1ccn2ncn(OCCO)c12. The molecule has 2 aromatic heterocycles. The van der Waals surface area contributed by atoms with Crippen molar-refractivity contribution in [2.75, 3.05) is 18.9 Å². The van der Waals surface area contributed by atoms with Crippen molar-refractivity contribution < 1.29 is 9.94 Å². The summed E-state index contributed by atoms with van der Waals surface area (Å²) in [6.45, 7) is 0.182. The van der Waals surface area contributed by atoms with Crippen molar-refractivity contribution in [2.45, 2.75) is 0 Å². The van der Waals surface area contributed by atoms with Crippen molar-refractivity contribution in [3.8, 4) is 0 Å². The van der Waals surface area contributed by atoms with Crippen LogP contribution in [0.5, 0.6) is 0 Å². The maximum Gasteiger partial charge on any atom is 0.194 e. The van der Waals surface area contributed by atoms with Crippen LogP contribution in [0.4, 0.5) is 5.69 Å². The Bertz CT molecular complexity index is 405. The van der Waals surface area contributed by atoms with Crippen LogP contribution in [0, 0.1) is 0 Å². The first-order valence-corrected chi connectivity index (χ1v) is 3.87. The zero-order valence-corrected chi connectivity index (χ0v) is 6.92. The highest BCUT2D eigenvalue weighted by atomic mass is 16.7. The van der Waals surface area contributed by atoms with Crippen LogP contribution in [0.3, 0.4) is 0 Å². The van der Waals surface area contributed by atoms with Gasteiger partial charge in [0.2, 0.25) is 0 Å². The van der Waals surface area contributed by atoms with Crippen LogP contribution in [-0.4, -0.2) is 32.7 Å². The molecule has 6 heteroatoms. The second-order valence-corrected chi connectivity index (χ2v) is 2.55. The number of nitrogens with zero attached hydrogens (tertiary/aromatic N) is 3. The van der Waals surface area contributed by atoms with Gasteiger partial charge in [0.1, 0.15) is 6.61 Å². The summed E-state index contributed by atoms with van der Waals surface area (Å²) in [5.41, 5.74) is 6.94. The molecule has 13 heavy (non-hydrogen) atoms. The smallest absolute Gasteiger partial charge is 0.194 e. The Morgan fingerprint density at radius 1 is 1.62 bits per heavy atom. The summed E-state index contributed by atoms with van der Waals surface area (Å²) in [7, 11) is 0. The lowest BCUT2D eigenvalue weighted by molar-refractivity contribution is 0.0820. The molecule has 0 aliphatic carbocycles. The first kappa shape index (κ1) is 7.93. The third-order valence-electron chi connectivity index (χ3n) is 1.68. The van der Waals surface area contributed by atoms with Crippen LogP contribution in [0.1, 0.15) is 0 Å². The highest BCUT2D eigenvalue weighted by Gasteiger charge is 2.06.